The summed E-state index contributed by atoms with van der Waals surface area (Å²) in [6.45, 7) is 3.32. The number of halogens is 1. The van der Waals surface area contributed by atoms with Crippen LogP contribution in [-0.4, -0.2) is 57.1 Å². The minimum atomic E-state index is -0.196. The van der Waals surface area contributed by atoms with Gasteiger partial charge in [0.05, 0.1) is 6.54 Å². The minimum Gasteiger partial charge on any atom is -0.322 e. The van der Waals surface area contributed by atoms with Crippen molar-refractivity contribution in [1.82, 2.24) is 21.3 Å². The molecule has 0 fully saturated rings. The first-order valence-corrected chi connectivity index (χ1v) is 11.9. The number of rotatable bonds is 12. The van der Waals surface area contributed by atoms with Crippen LogP contribution in [0.4, 0.5) is 0 Å². The fraction of sp³-hybridized carbons (Fsp3) is 0.500. The van der Waals surface area contributed by atoms with Gasteiger partial charge in [0.25, 0.3) is 0 Å². The maximum absolute atomic E-state index is 12.3. The summed E-state index contributed by atoms with van der Waals surface area (Å²) in [6, 6.07) is 8.64. The molecule has 0 saturated heterocycles. The average Bonchev–Trinajstić information content (AvgIpc) is 3.09. The van der Waals surface area contributed by atoms with Gasteiger partial charge in [0.2, 0.25) is 5.91 Å². The molecule has 2 amide bonds. The molecule has 0 radical (unpaired) electrons. The van der Waals surface area contributed by atoms with Gasteiger partial charge < -0.3 is 5.73 Å². The van der Waals surface area contributed by atoms with Crippen molar-refractivity contribution in [2.45, 2.75) is 31.8 Å². The third-order valence-corrected chi connectivity index (χ3v) is 7.11. The quantitative estimate of drug-likeness (QED) is 0.195. The number of carbonyl (C=O) groups excluding carboxylic acids is 2. The zero-order valence-corrected chi connectivity index (χ0v) is 18.7. The van der Waals surface area contributed by atoms with Gasteiger partial charge in [-0.15, -0.1) is 0 Å². The molecule has 0 saturated carbocycles. The van der Waals surface area contributed by atoms with Gasteiger partial charge in [-0.1, -0.05) is 0 Å². The molecule has 2 atom stereocenters. The Bertz CT molecular complexity index is 695. The molecule has 7 nitrogen and oxygen atoms in total. The van der Waals surface area contributed by atoms with Crippen molar-refractivity contribution in [3.05, 3.63) is 37.5 Å². The molecular weight excluding hydrogens is 469 g/mol. The fourth-order valence-electron chi connectivity index (χ4n) is 3.06. The van der Waals surface area contributed by atoms with E-state index in [9.17, 15) is 9.59 Å². The number of carbonyl (C=O) groups is 2. The summed E-state index contributed by atoms with van der Waals surface area (Å²) < 4.78 is 3.89. The molecule has 1 aliphatic heterocycles. The first-order chi connectivity index (χ1) is 13.5. The number of hydrogen-bond acceptors (Lipinski definition) is 5. The van der Waals surface area contributed by atoms with Crippen LogP contribution in [0.3, 0.4) is 0 Å². The van der Waals surface area contributed by atoms with Gasteiger partial charge in [-0.05, 0) is 0 Å². The van der Waals surface area contributed by atoms with E-state index in [1.807, 2.05) is 14.0 Å². The molecule has 28 heavy (non-hydrogen) atoms. The van der Waals surface area contributed by atoms with Crippen LogP contribution in [0.25, 0.3) is 5.57 Å². The molecule has 1 aromatic carbocycles. The first-order valence-electron chi connectivity index (χ1n) is 9.59. The Labute approximate surface area is 177 Å². The van der Waals surface area contributed by atoms with Crippen LogP contribution in [0.2, 0.25) is 0 Å². The molecule has 2 rings (SSSR count). The van der Waals surface area contributed by atoms with Gasteiger partial charge in [-0.3, -0.25) is 4.79 Å². The van der Waals surface area contributed by atoms with E-state index < -0.39 is 0 Å². The number of likely N-dealkylation sites (N-methyl/N-ethyl adjacent to an activating group) is 1. The van der Waals surface area contributed by atoms with Crippen molar-refractivity contribution in [2.24, 2.45) is 5.73 Å². The van der Waals surface area contributed by atoms with E-state index in [-0.39, 0.29) is 58.2 Å². The molecule has 156 valence electrons. The van der Waals surface area contributed by atoms with Crippen molar-refractivity contribution < 1.29 is 30.8 Å². The van der Waals surface area contributed by atoms with Gasteiger partial charge in [0.1, 0.15) is 0 Å². The summed E-state index contributed by atoms with van der Waals surface area (Å²) in [6.07, 6.45) is 1.87. The van der Waals surface area contributed by atoms with Gasteiger partial charge in [-0.25, -0.2) is 0 Å². The second-order valence-electron chi connectivity index (χ2n) is 6.89. The summed E-state index contributed by atoms with van der Waals surface area (Å²) >= 11 is -0.0114. The van der Waals surface area contributed by atoms with Crippen molar-refractivity contribution in [3.63, 3.8) is 0 Å². The zero-order chi connectivity index (χ0) is 20.4. The second kappa shape index (κ2) is 12.2. The Balaban J connectivity index is 1.73. The summed E-state index contributed by atoms with van der Waals surface area (Å²) in [4.78, 5) is 23.5. The predicted octanol–water partition coefficient (Wildman–Crippen LogP) is -3.16. The molecule has 6 N–H and O–H groups in total. The van der Waals surface area contributed by atoms with Crippen LogP contribution in [0.15, 0.2) is 28.3 Å². The Hall–Kier alpha value is -1.49. The number of nitrogens with one attached hydrogen (secondary N) is 4. The standard InChI is InChI=1S/C20H31IN5O2/c1-14(25-19(27)10-22)11-24-13-20(28)26-16(12-23-2)8-7-15-9-21-18-6-4-3-5-17(15)18/h3-6,9,14,16,23-24H,7-8,10-13,22H2,1-2H3,(H,25,27)(H,26,28)/q-1/t14-,16+/m1/s1. The second-order valence-corrected chi connectivity index (χ2v) is 9.30. The Kier molecular flexibility index (Phi) is 9.89. The fourth-order valence-corrected chi connectivity index (χ4v) is 5.69. The number of fused-ring (bicyclic) bond motifs is 1. The van der Waals surface area contributed by atoms with Crippen molar-refractivity contribution in [2.75, 3.05) is 33.2 Å². The first kappa shape index (κ1) is 22.8. The molecule has 0 aliphatic carbocycles. The van der Waals surface area contributed by atoms with E-state index in [1.54, 1.807) is 0 Å². The molecular formula is C20H31IN5O2-. The van der Waals surface area contributed by atoms with Crippen LogP contribution >= 0.6 is 0 Å². The molecule has 0 aromatic heterocycles. The van der Waals surface area contributed by atoms with Gasteiger partial charge in [-0.2, -0.15) is 0 Å². The smallest absolute Gasteiger partial charge is 0.322 e. The van der Waals surface area contributed by atoms with E-state index >= 15 is 0 Å². The summed E-state index contributed by atoms with van der Waals surface area (Å²) in [5.74, 6) is -0.233. The van der Waals surface area contributed by atoms with Crippen LogP contribution in [0.5, 0.6) is 0 Å². The van der Waals surface area contributed by atoms with E-state index in [0.717, 1.165) is 19.4 Å². The third kappa shape index (κ3) is 7.50. The average molecular weight is 500 g/mol. The number of allylic oxidation sites excluding steroid dienone is 1. The van der Waals surface area contributed by atoms with Crippen LogP contribution < -0.4 is 48.2 Å². The molecule has 8 heteroatoms. The SMILES string of the molecule is CNC[C@H](CCC1=C[I-]c2ccccc21)NC(=O)CNC[C@@H](C)NC(=O)CN. The van der Waals surface area contributed by atoms with Gasteiger partial charge >= 0.3 is 155 Å². The van der Waals surface area contributed by atoms with E-state index in [1.165, 1.54) is 14.7 Å². The summed E-state index contributed by atoms with van der Waals surface area (Å²) in [7, 11) is 1.90. The topological polar surface area (TPSA) is 108 Å². The van der Waals surface area contributed by atoms with Gasteiger partial charge in [0, 0.05) is 0 Å². The number of nitrogens with two attached hydrogens (primary N) is 1. The van der Waals surface area contributed by atoms with Crippen molar-refractivity contribution in [3.8, 4) is 0 Å². The van der Waals surface area contributed by atoms with Gasteiger partial charge in [0.15, 0.2) is 0 Å². The Morgan fingerprint density at radius 2 is 1.93 bits per heavy atom. The van der Waals surface area contributed by atoms with E-state index in [0.29, 0.717) is 6.54 Å². The van der Waals surface area contributed by atoms with Crippen LogP contribution in [-0.2, 0) is 9.59 Å². The maximum atomic E-state index is 12.3. The van der Waals surface area contributed by atoms with Crippen LogP contribution in [0.1, 0.15) is 25.3 Å². The number of benzene rings is 1. The number of hydrogen-bond donors (Lipinski definition) is 5. The Morgan fingerprint density at radius 3 is 2.68 bits per heavy atom. The number of amides is 2. The van der Waals surface area contributed by atoms with Crippen LogP contribution in [0, 0.1) is 3.57 Å². The third-order valence-electron chi connectivity index (χ3n) is 4.43. The van der Waals surface area contributed by atoms with E-state index in [2.05, 4.69) is 49.6 Å². The Morgan fingerprint density at radius 1 is 1.14 bits per heavy atom. The van der Waals surface area contributed by atoms with E-state index in [4.69, 9.17) is 5.73 Å². The molecule has 1 heterocycles. The molecule has 1 aromatic rings. The molecule has 0 unspecified atom stereocenters. The monoisotopic (exact) mass is 500 g/mol. The van der Waals surface area contributed by atoms with Crippen molar-refractivity contribution >= 4 is 17.4 Å². The summed E-state index contributed by atoms with van der Waals surface area (Å²) in [5, 5.41) is 12.1. The zero-order valence-electron chi connectivity index (χ0n) is 16.6. The molecule has 0 bridgehead atoms. The molecule has 1 aliphatic rings. The summed E-state index contributed by atoms with van der Waals surface area (Å²) in [5.41, 5.74) is 8.08. The normalized spacial score (nSPS) is 15.0. The minimum absolute atomic E-state index is 0.0114. The molecule has 0 spiro atoms. The predicted molar refractivity (Wildman–Crippen MR) is 108 cm³/mol. The van der Waals surface area contributed by atoms with Crippen molar-refractivity contribution in [1.29, 1.82) is 0 Å².